The number of aryl methyl sites for hydroxylation is 1. The van der Waals surface area contributed by atoms with Gasteiger partial charge in [-0.05, 0) is 43.3 Å². The third-order valence-electron chi connectivity index (χ3n) is 4.54. The highest BCUT2D eigenvalue weighted by Gasteiger charge is 2.18. The minimum absolute atomic E-state index is 0.0421. The van der Waals surface area contributed by atoms with Crippen molar-refractivity contribution in [2.45, 2.75) is 18.4 Å². The first-order chi connectivity index (χ1) is 13.9. The number of para-hydroxylation sites is 1. The number of rotatable bonds is 6. The Morgan fingerprint density at radius 2 is 1.90 bits per heavy atom. The number of hydrogen-bond acceptors (Lipinski definition) is 4. The molecule has 4 aromatic rings. The van der Waals surface area contributed by atoms with Crippen molar-refractivity contribution in [3.63, 3.8) is 0 Å². The Balaban J connectivity index is 1.55. The van der Waals surface area contributed by atoms with Crippen LogP contribution in [-0.2, 0) is 16.6 Å². The van der Waals surface area contributed by atoms with E-state index >= 15 is 0 Å². The van der Waals surface area contributed by atoms with Crippen molar-refractivity contribution < 1.29 is 17.6 Å². The maximum Gasteiger partial charge on any atom is 0.258 e. The van der Waals surface area contributed by atoms with Crippen LogP contribution in [0.25, 0.3) is 10.9 Å². The fraction of sp³-hybridized carbons (Fsp3) is 0.0952. The number of nitrogens with one attached hydrogen (secondary N) is 3. The van der Waals surface area contributed by atoms with Crippen molar-refractivity contribution in [3.05, 3.63) is 83.9 Å². The minimum atomic E-state index is -3.76. The van der Waals surface area contributed by atoms with Crippen LogP contribution in [0.2, 0.25) is 0 Å². The Morgan fingerprint density at radius 3 is 2.69 bits per heavy atom. The molecule has 0 aliphatic heterocycles. The van der Waals surface area contributed by atoms with E-state index in [9.17, 15) is 13.2 Å². The van der Waals surface area contributed by atoms with Gasteiger partial charge >= 0.3 is 0 Å². The predicted molar refractivity (Wildman–Crippen MR) is 110 cm³/mol. The maximum atomic E-state index is 12.8. The van der Waals surface area contributed by atoms with Crippen LogP contribution in [0.5, 0.6) is 0 Å². The van der Waals surface area contributed by atoms with Crippen LogP contribution in [-0.4, -0.2) is 19.3 Å². The van der Waals surface area contributed by atoms with Gasteiger partial charge in [-0.25, -0.2) is 13.1 Å². The summed E-state index contributed by atoms with van der Waals surface area (Å²) >= 11 is 0. The number of hydrogen-bond donors (Lipinski definition) is 3. The summed E-state index contributed by atoms with van der Waals surface area (Å²) in [5, 5.41) is 3.60. The Bertz CT molecular complexity index is 1270. The van der Waals surface area contributed by atoms with Crippen LogP contribution in [0, 0.1) is 6.92 Å². The van der Waals surface area contributed by atoms with Crippen LogP contribution >= 0.6 is 0 Å². The van der Waals surface area contributed by atoms with Crippen LogP contribution < -0.4 is 10.0 Å². The van der Waals surface area contributed by atoms with Crippen LogP contribution in [0.1, 0.15) is 21.8 Å². The molecule has 0 fully saturated rings. The molecule has 0 aliphatic carbocycles. The molecular formula is C21H19N3O4S. The van der Waals surface area contributed by atoms with E-state index in [2.05, 4.69) is 15.0 Å². The highest BCUT2D eigenvalue weighted by atomic mass is 32.2. The first-order valence-corrected chi connectivity index (χ1v) is 10.4. The second-order valence-electron chi connectivity index (χ2n) is 6.56. The second kappa shape index (κ2) is 7.57. The molecule has 4 rings (SSSR count). The quantitative estimate of drug-likeness (QED) is 0.450. The Hall–Kier alpha value is -3.36. The number of H-pyrrole nitrogens is 1. The van der Waals surface area contributed by atoms with Gasteiger partial charge in [-0.3, -0.25) is 4.79 Å². The lowest BCUT2D eigenvalue weighted by Gasteiger charge is -2.09. The van der Waals surface area contributed by atoms with Crippen LogP contribution in [0.3, 0.4) is 0 Å². The first-order valence-electron chi connectivity index (χ1n) is 8.95. The number of aromatic nitrogens is 1. The number of sulfonamides is 1. The van der Waals surface area contributed by atoms with Gasteiger partial charge in [0.1, 0.15) is 5.76 Å². The van der Waals surface area contributed by atoms with Crippen LogP contribution in [0.15, 0.2) is 76.2 Å². The molecule has 2 aromatic carbocycles. The molecule has 2 heterocycles. The summed E-state index contributed by atoms with van der Waals surface area (Å²) in [5.74, 6) is 0.200. The fourth-order valence-corrected chi connectivity index (χ4v) is 4.21. The summed E-state index contributed by atoms with van der Waals surface area (Å²) in [6.07, 6.45) is 1.48. The molecule has 0 unspecified atom stereocenters. The number of carbonyl (C=O) groups excluding carboxylic acids is 1. The Kier molecular flexibility index (Phi) is 4.96. The van der Waals surface area contributed by atoms with Crippen molar-refractivity contribution in [2.24, 2.45) is 0 Å². The molecule has 0 aliphatic rings. The third-order valence-corrected chi connectivity index (χ3v) is 5.94. The molecule has 0 saturated heterocycles. The fourth-order valence-electron chi connectivity index (χ4n) is 3.17. The molecule has 7 nitrogen and oxygen atoms in total. The topological polar surface area (TPSA) is 104 Å². The van der Waals surface area contributed by atoms with Gasteiger partial charge in [0.15, 0.2) is 0 Å². The average Bonchev–Trinajstić information content (AvgIpc) is 3.33. The van der Waals surface area contributed by atoms with E-state index in [-0.39, 0.29) is 17.3 Å². The second-order valence-corrected chi connectivity index (χ2v) is 8.32. The maximum absolute atomic E-state index is 12.8. The van der Waals surface area contributed by atoms with E-state index in [1.54, 1.807) is 24.3 Å². The SMILES string of the molecule is Cc1[nH]c2ccccc2c1C(=O)Nc1cccc(S(=O)(=O)NCc2ccco2)c1. The van der Waals surface area contributed by atoms with E-state index < -0.39 is 10.0 Å². The molecule has 0 saturated carbocycles. The summed E-state index contributed by atoms with van der Waals surface area (Å²) in [4.78, 5) is 16.1. The van der Waals surface area contributed by atoms with Gasteiger partial charge < -0.3 is 14.7 Å². The van der Waals surface area contributed by atoms with Gasteiger partial charge in [0, 0.05) is 22.3 Å². The Labute approximate surface area is 167 Å². The molecule has 3 N–H and O–H groups in total. The van der Waals surface area contributed by atoms with Gasteiger partial charge in [0.25, 0.3) is 5.91 Å². The van der Waals surface area contributed by atoms with E-state index in [1.165, 1.54) is 18.4 Å². The summed E-state index contributed by atoms with van der Waals surface area (Å²) in [6.45, 7) is 1.87. The molecule has 2 aromatic heterocycles. The molecule has 148 valence electrons. The van der Waals surface area contributed by atoms with Crippen molar-refractivity contribution in [2.75, 3.05) is 5.32 Å². The van der Waals surface area contributed by atoms with Crippen molar-refractivity contribution in [1.29, 1.82) is 0 Å². The number of aromatic amines is 1. The molecule has 0 spiro atoms. The van der Waals surface area contributed by atoms with Crippen LogP contribution in [0.4, 0.5) is 5.69 Å². The zero-order chi connectivity index (χ0) is 20.4. The number of fused-ring (bicyclic) bond motifs is 1. The minimum Gasteiger partial charge on any atom is -0.468 e. The average molecular weight is 409 g/mol. The van der Waals surface area contributed by atoms with E-state index in [0.717, 1.165) is 16.6 Å². The number of amides is 1. The van der Waals surface area contributed by atoms with E-state index in [0.29, 0.717) is 17.0 Å². The number of anilines is 1. The highest BCUT2D eigenvalue weighted by molar-refractivity contribution is 7.89. The van der Waals surface area contributed by atoms with Gasteiger partial charge in [-0.1, -0.05) is 24.3 Å². The smallest absolute Gasteiger partial charge is 0.258 e. The van der Waals surface area contributed by atoms with Gasteiger partial charge in [-0.15, -0.1) is 0 Å². The molecule has 29 heavy (non-hydrogen) atoms. The summed E-state index contributed by atoms with van der Waals surface area (Å²) in [6, 6.07) is 17.0. The molecule has 1 amide bonds. The lowest BCUT2D eigenvalue weighted by Crippen LogP contribution is -2.23. The number of carbonyl (C=O) groups is 1. The molecule has 0 radical (unpaired) electrons. The molecule has 0 atom stereocenters. The predicted octanol–water partition coefficient (Wildman–Crippen LogP) is 3.80. The first kappa shape index (κ1) is 19.0. The van der Waals surface area contributed by atoms with Crippen molar-refractivity contribution in [1.82, 2.24) is 9.71 Å². The molecule has 0 bridgehead atoms. The Morgan fingerprint density at radius 1 is 1.07 bits per heavy atom. The monoisotopic (exact) mass is 409 g/mol. The molecular weight excluding hydrogens is 390 g/mol. The van der Waals surface area contributed by atoms with E-state index in [1.807, 2.05) is 31.2 Å². The zero-order valence-electron chi connectivity index (χ0n) is 15.6. The largest absolute Gasteiger partial charge is 0.468 e. The number of benzene rings is 2. The third kappa shape index (κ3) is 3.94. The van der Waals surface area contributed by atoms with Gasteiger partial charge in [-0.2, -0.15) is 0 Å². The zero-order valence-corrected chi connectivity index (χ0v) is 16.4. The van der Waals surface area contributed by atoms with Crippen molar-refractivity contribution in [3.8, 4) is 0 Å². The normalized spacial score (nSPS) is 11.6. The van der Waals surface area contributed by atoms with E-state index in [4.69, 9.17) is 4.42 Å². The van der Waals surface area contributed by atoms with Crippen molar-refractivity contribution >= 4 is 32.5 Å². The number of furan rings is 1. The summed E-state index contributed by atoms with van der Waals surface area (Å²) < 4.78 is 32.7. The van der Waals surface area contributed by atoms with Gasteiger partial charge in [0.2, 0.25) is 10.0 Å². The lowest BCUT2D eigenvalue weighted by molar-refractivity contribution is 0.102. The standard InChI is InChI=1S/C21H19N3O4S/c1-14-20(18-9-2-3-10-19(18)23-14)21(25)24-15-6-4-8-17(12-15)29(26,27)22-13-16-7-5-11-28-16/h2-12,22-23H,13H2,1H3,(H,24,25). The highest BCUT2D eigenvalue weighted by Crippen LogP contribution is 2.24. The summed E-state index contributed by atoms with van der Waals surface area (Å²) in [5.41, 5.74) is 2.53. The van der Waals surface area contributed by atoms with Gasteiger partial charge in [0.05, 0.1) is 23.3 Å². The lowest BCUT2D eigenvalue weighted by atomic mass is 10.1. The molecule has 8 heteroatoms. The summed E-state index contributed by atoms with van der Waals surface area (Å²) in [7, 11) is -3.76.